The fourth-order valence-electron chi connectivity index (χ4n) is 2.03. The first kappa shape index (κ1) is 13.5. The smallest absolute Gasteiger partial charge is 0.123 e. The molecule has 1 N–H and O–H groups in total. The lowest BCUT2D eigenvalue weighted by molar-refractivity contribution is 0.410. The van der Waals surface area contributed by atoms with Crippen molar-refractivity contribution in [1.82, 2.24) is 0 Å². The van der Waals surface area contributed by atoms with E-state index in [1.807, 2.05) is 18.2 Å². The van der Waals surface area contributed by atoms with E-state index >= 15 is 0 Å². The Hall–Kier alpha value is -1.96. The van der Waals surface area contributed by atoms with Crippen molar-refractivity contribution in [2.75, 3.05) is 12.4 Å². The Labute approximate surface area is 115 Å². The predicted octanol–water partition coefficient (Wildman–Crippen LogP) is 4.43. The number of methoxy groups -OCH3 is 1. The molecule has 0 unspecified atom stereocenters. The van der Waals surface area contributed by atoms with E-state index in [0.717, 1.165) is 23.5 Å². The zero-order chi connectivity index (χ0) is 13.7. The summed E-state index contributed by atoms with van der Waals surface area (Å²) in [6.45, 7) is 5.18. The molecule has 0 fully saturated rings. The van der Waals surface area contributed by atoms with Crippen LogP contribution in [0.15, 0.2) is 48.5 Å². The van der Waals surface area contributed by atoms with Crippen LogP contribution < -0.4 is 10.1 Å². The van der Waals surface area contributed by atoms with Crippen LogP contribution in [0.3, 0.4) is 0 Å². The van der Waals surface area contributed by atoms with Gasteiger partial charge < -0.3 is 10.1 Å². The van der Waals surface area contributed by atoms with Crippen LogP contribution >= 0.6 is 0 Å². The molecule has 0 saturated heterocycles. The maximum Gasteiger partial charge on any atom is 0.123 e. The fraction of sp³-hybridized carbons (Fsp3) is 0.294. The minimum atomic E-state index is 0.572. The molecular formula is C17H21NO. The summed E-state index contributed by atoms with van der Waals surface area (Å²) >= 11 is 0. The number of ether oxygens (including phenoxy) is 1. The van der Waals surface area contributed by atoms with Crippen molar-refractivity contribution in [3.8, 4) is 5.75 Å². The monoisotopic (exact) mass is 255 g/mol. The number of benzene rings is 2. The number of rotatable bonds is 5. The molecule has 0 aliphatic heterocycles. The molecule has 2 aromatic carbocycles. The molecule has 19 heavy (non-hydrogen) atoms. The third-order valence-electron chi connectivity index (χ3n) is 3.25. The molecule has 0 saturated carbocycles. The largest absolute Gasteiger partial charge is 0.496 e. The minimum absolute atomic E-state index is 0.572. The van der Waals surface area contributed by atoms with Gasteiger partial charge in [-0.05, 0) is 29.7 Å². The molecule has 0 aliphatic rings. The van der Waals surface area contributed by atoms with E-state index in [1.165, 1.54) is 5.56 Å². The lowest BCUT2D eigenvalue weighted by Gasteiger charge is -2.11. The van der Waals surface area contributed by atoms with Gasteiger partial charge in [0.15, 0.2) is 0 Å². The van der Waals surface area contributed by atoms with E-state index in [1.54, 1.807) is 7.11 Å². The summed E-state index contributed by atoms with van der Waals surface area (Å²) in [5.41, 5.74) is 3.66. The molecule has 0 bridgehead atoms. The maximum atomic E-state index is 5.34. The summed E-state index contributed by atoms with van der Waals surface area (Å²) in [7, 11) is 1.70. The van der Waals surface area contributed by atoms with Crippen LogP contribution in [0, 0.1) is 0 Å². The molecule has 2 rings (SSSR count). The first-order chi connectivity index (χ1) is 9.20. The average Bonchev–Trinajstić information content (AvgIpc) is 2.45. The summed E-state index contributed by atoms with van der Waals surface area (Å²) in [4.78, 5) is 0. The van der Waals surface area contributed by atoms with E-state index in [0.29, 0.717) is 5.92 Å². The number of anilines is 1. The van der Waals surface area contributed by atoms with Crippen molar-refractivity contribution in [2.45, 2.75) is 26.3 Å². The van der Waals surface area contributed by atoms with Crippen LogP contribution in [0.25, 0.3) is 0 Å². The minimum Gasteiger partial charge on any atom is -0.496 e. The van der Waals surface area contributed by atoms with E-state index in [-0.39, 0.29) is 0 Å². The van der Waals surface area contributed by atoms with Crippen molar-refractivity contribution in [3.05, 3.63) is 59.7 Å². The Balaban J connectivity index is 2.02. The summed E-state index contributed by atoms with van der Waals surface area (Å²) in [5, 5.41) is 3.42. The van der Waals surface area contributed by atoms with Gasteiger partial charge in [0.05, 0.1) is 7.11 Å². The van der Waals surface area contributed by atoms with Crippen molar-refractivity contribution >= 4 is 5.69 Å². The molecule has 0 heterocycles. The molecule has 0 spiro atoms. The van der Waals surface area contributed by atoms with Crippen LogP contribution in [-0.2, 0) is 6.54 Å². The summed E-state index contributed by atoms with van der Waals surface area (Å²) in [5.74, 6) is 1.50. The lowest BCUT2D eigenvalue weighted by atomic mass is 10.0. The average molecular weight is 255 g/mol. The molecule has 2 heteroatoms. The van der Waals surface area contributed by atoms with Crippen LogP contribution in [0.2, 0.25) is 0 Å². The van der Waals surface area contributed by atoms with Crippen molar-refractivity contribution in [3.63, 3.8) is 0 Å². The molecule has 0 radical (unpaired) electrons. The first-order valence-corrected chi connectivity index (χ1v) is 6.66. The Kier molecular flexibility index (Phi) is 4.45. The number of hydrogen-bond donors (Lipinski definition) is 1. The molecule has 0 amide bonds. The van der Waals surface area contributed by atoms with Crippen molar-refractivity contribution < 1.29 is 4.74 Å². The molecule has 0 aromatic heterocycles. The van der Waals surface area contributed by atoms with Crippen LogP contribution in [0.5, 0.6) is 5.75 Å². The standard InChI is InChI=1S/C17H21NO/c1-13(2)14-8-10-16(11-9-14)18-12-15-6-4-5-7-17(15)19-3/h4-11,13,18H,12H2,1-3H3. The number of para-hydroxylation sites is 1. The Morgan fingerprint density at radius 1 is 1.00 bits per heavy atom. The third-order valence-corrected chi connectivity index (χ3v) is 3.25. The molecule has 2 nitrogen and oxygen atoms in total. The molecule has 100 valence electrons. The van der Waals surface area contributed by atoms with E-state index in [4.69, 9.17) is 4.74 Å². The number of hydrogen-bond acceptors (Lipinski definition) is 2. The first-order valence-electron chi connectivity index (χ1n) is 6.66. The second-order valence-electron chi connectivity index (χ2n) is 4.94. The van der Waals surface area contributed by atoms with E-state index < -0.39 is 0 Å². The molecule has 0 atom stereocenters. The fourth-order valence-corrected chi connectivity index (χ4v) is 2.03. The quantitative estimate of drug-likeness (QED) is 0.853. The Morgan fingerprint density at radius 3 is 2.32 bits per heavy atom. The topological polar surface area (TPSA) is 21.3 Å². The third kappa shape index (κ3) is 3.50. The SMILES string of the molecule is COc1ccccc1CNc1ccc(C(C)C)cc1. The van der Waals surface area contributed by atoms with Gasteiger partial charge in [0.25, 0.3) is 0 Å². The highest BCUT2D eigenvalue weighted by Crippen LogP contribution is 2.20. The van der Waals surface area contributed by atoms with Gasteiger partial charge in [-0.2, -0.15) is 0 Å². The van der Waals surface area contributed by atoms with Gasteiger partial charge in [-0.3, -0.25) is 0 Å². The van der Waals surface area contributed by atoms with Crippen LogP contribution in [-0.4, -0.2) is 7.11 Å². The second kappa shape index (κ2) is 6.28. The van der Waals surface area contributed by atoms with Crippen molar-refractivity contribution in [1.29, 1.82) is 0 Å². The highest BCUT2D eigenvalue weighted by Gasteiger charge is 2.02. The van der Waals surface area contributed by atoms with Gasteiger partial charge in [0.1, 0.15) is 5.75 Å². The van der Waals surface area contributed by atoms with Gasteiger partial charge in [0.2, 0.25) is 0 Å². The Morgan fingerprint density at radius 2 is 1.68 bits per heavy atom. The normalized spacial score (nSPS) is 10.5. The highest BCUT2D eigenvalue weighted by atomic mass is 16.5. The summed E-state index contributed by atoms with van der Waals surface area (Å²) in [6, 6.07) is 16.7. The lowest BCUT2D eigenvalue weighted by Crippen LogP contribution is -2.01. The van der Waals surface area contributed by atoms with Gasteiger partial charge in [-0.1, -0.05) is 44.2 Å². The van der Waals surface area contributed by atoms with E-state index in [9.17, 15) is 0 Å². The predicted molar refractivity (Wildman–Crippen MR) is 80.9 cm³/mol. The molecule has 2 aromatic rings. The highest BCUT2D eigenvalue weighted by molar-refractivity contribution is 5.47. The van der Waals surface area contributed by atoms with Gasteiger partial charge in [0, 0.05) is 17.8 Å². The second-order valence-corrected chi connectivity index (χ2v) is 4.94. The molecule has 0 aliphatic carbocycles. The van der Waals surface area contributed by atoms with Crippen molar-refractivity contribution in [2.24, 2.45) is 0 Å². The maximum absolute atomic E-state index is 5.34. The number of nitrogens with one attached hydrogen (secondary N) is 1. The zero-order valence-electron chi connectivity index (χ0n) is 11.8. The van der Waals surface area contributed by atoms with E-state index in [2.05, 4.69) is 49.5 Å². The summed E-state index contributed by atoms with van der Waals surface area (Å²) in [6.07, 6.45) is 0. The zero-order valence-corrected chi connectivity index (χ0v) is 11.8. The van der Waals surface area contributed by atoms with Gasteiger partial charge >= 0.3 is 0 Å². The van der Waals surface area contributed by atoms with Gasteiger partial charge in [-0.15, -0.1) is 0 Å². The Bertz CT molecular complexity index is 517. The molecular weight excluding hydrogens is 234 g/mol. The van der Waals surface area contributed by atoms with Gasteiger partial charge in [-0.25, -0.2) is 0 Å². The van der Waals surface area contributed by atoms with Crippen LogP contribution in [0.1, 0.15) is 30.9 Å². The van der Waals surface area contributed by atoms with Crippen LogP contribution in [0.4, 0.5) is 5.69 Å². The summed E-state index contributed by atoms with van der Waals surface area (Å²) < 4.78 is 5.34.